The summed E-state index contributed by atoms with van der Waals surface area (Å²) in [5.41, 5.74) is -1.51. The van der Waals surface area contributed by atoms with Crippen LogP contribution in [0.25, 0.3) is 32.0 Å². The molecule has 38 heavy (non-hydrogen) atoms. The van der Waals surface area contributed by atoms with Gasteiger partial charge in [0.2, 0.25) is 0 Å². The zero-order valence-electron chi connectivity index (χ0n) is 19.4. The Balaban J connectivity index is 1.53. The lowest BCUT2D eigenvalue weighted by Gasteiger charge is -2.19. The van der Waals surface area contributed by atoms with E-state index < -0.39 is 23.3 Å². The topological polar surface area (TPSA) is 76.3 Å². The normalized spacial score (nSPS) is 11.9. The number of nitrogens with zero attached hydrogens (tertiary/aromatic N) is 3. The first kappa shape index (κ1) is 23.8. The van der Waals surface area contributed by atoms with Crippen LogP contribution in [0.15, 0.2) is 94.3 Å². The molecule has 0 N–H and O–H groups in total. The summed E-state index contributed by atoms with van der Waals surface area (Å²) in [6.07, 6.45) is -3.09. The minimum atomic E-state index is -4.62. The lowest BCUT2D eigenvalue weighted by atomic mass is 10.0. The van der Waals surface area contributed by atoms with Crippen molar-refractivity contribution in [3.8, 4) is 0 Å². The number of hydrogen-bond acceptors (Lipinski definition) is 6. The molecule has 6 nitrogen and oxygen atoms in total. The predicted molar refractivity (Wildman–Crippen MR) is 139 cm³/mol. The van der Waals surface area contributed by atoms with Crippen LogP contribution in [0.3, 0.4) is 0 Å². The molecule has 6 rings (SSSR count). The average Bonchev–Trinajstić information content (AvgIpc) is 3.35. The number of alkyl halides is 3. The van der Waals surface area contributed by atoms with E-state index in [0.717, 1.165) is 33.1 Å². The summed E-state index contributed by atoms with van der Waals surface area (Å²) < 4.78 is 46.7. The summed E-state index contributed by atoms with van der Waals surface area (Å²) in [6, 6.07) is 21.2. The molecule has 6 aromatic rings. The fraction of sp³-hybridized carbons (Fsp3) is 0.0714. The maximum Gasteiger partial charge on any atom is 0.418 e. The zero-order valence-corrected chi connectivity index (χ0v) is 20.2. The second-order valence-corrected chi connectivity index (χ2v) is 9.51. The van der Waals surface area contributed by atoms with Gasteiger partial charge in [-0.05, 0) is 47.2 Å². The van der Waals surface area contributed by atoms with Crippen LogP contribution in [0, 0.1) is 0 Å². The number of thiazole rings is 1. The molecule has 0 radical (unpaired) electrons. The van der Waals surface area contributed by atoms with Gasteiger partial charge in [-0.15, -0.1) is 0 Å². The van der Waals surface area contributed by atoms with Crippen LogP contribution in [0.4, 0.5) is 18.3 Å². The first-order chi connectivity index (χ1) is 18.3. The maximum atomic E-state index is 13.9. The van der Waals surface area contributed by atoms with Crippen molar-refractivity contribution >= 4 is 54.3 Å². The molecule has 188 valence electrons. The summed E-state index contributed by atoms with van der Waals surface area (Å²) >= 11 is 0.923. The standard InChI is InChI=1S/C28H16F3N3O3S/c29-28(30,31)21-9-5-10-23-24(21)33-27(38-23)34(15-17-7-3-4-13-32-17)25(35)20-14-19-18-8-2-1-6-16(18)11-12-22(19)37-26(20)36/h1-14H,15H2. The van der Waals surface area contributed by atoms with Crippen LogP contribution in [0.1, 0.15) is 21.6 Å². The summed E-state index contributed by atoms with van der Waals surface area (Å²) in [6.45, 7) is -0.117. The van der Waals surface area contributed by atoms with Crippen LogP contribution < -0.4 is 10.5 Å². The van der Waals surface area contributed by atoms with E-state index in [1.807, 2.05) is 30.3 Å². The van der Waals surface area contributed by atoms with Crippen LogP contribution in [-0.4, -0.2) is 15.9 Å². The quantitative estimate of drug-likeness (QED) is 0.184. The lowest BCUT2D eigenvalue weighted by molar-refractivity contribution is -0.136. The molecule has 3 heterocycles. The minimum Gasteiger partial charge on any atom is -0.422 e. The van der Waals surface area contributed by atoms with Crippen LogP contribution in [0.5, 0.6) is 0 Å². The smallest absolute Gasteiger partial charge is 0.418 e. The van der Waals surface area contributed by atoms with Crippen LogP contribution >= 0.6 is 11.3 Å². The number of amides is 1. The number of benzene rings is 3. The number of hydrogen-bond donors (Lipinski definition) is 0. The number of rotatable bonds is 4. The second kappa shape index (κ2) is 9.07. The van der Waals surface area contributed by atoms with Crippen molar-refractivity contribution in [2.24, 2.45) is 0 Å². The third-order valence-corrected chi connectivity index (χ3v) is 7.15. The van der Waals surface area contributed by atoms with E-state index in [1.165, 1.54) is 24.4 Å². The zero-order chi connectivity index (χ0) is 26.4. The molecule has 0 atom stereocenters. The average molecular weight is 532 g/mol. The van der Waals surface area contributed by atoms with E-state index in [0.29, 0.717) is 16.7 Å². The molecule has 0 unspecified atom stereocenters. The van der Waals surface area contributed by atoms with Crippen molar-refractivity contribution < 1.29 is 22.4 Å². The van der Waals surface area contributed by atoms with Crippen molar-refractivity contribution in [2.75, 3.05) is 4.90 Å². The molecule has 0 aliphatic heterocycles. The number of halogens is 3. The van der Waals surface area contributed by atoms with E-state index in [2.05, 4.69) is 9.97 Å². The van der Waals surface area contributed by atoms with E-state index in [1.54, 1.807) is 24.3 Å². The molecular formula is C28H16F3N3O3S. The molecule has 0 saturated carbocycles. The molecular weight excluding hydrogens is 515 g/mol. The highest BCUT2D eigenvalue weighted by Gasteiger charge is 2.35. The summed E-state index contributed by atoms with van der Waals surface area (Å²) in [5, 5.41) is 2.24. The fourth-order valence-corrected chi connectivity index (χ4v) is 5.32. The maximum absolute atomic E-state index is 13.9. The number of aromatic nitrogens is 2. The number of pyridine rings is 1. The molecule has 10 heteroatoms. The molecule has 3 aromatic carbocycles. The molecule has 0 spiro atoms. The highest BCUT2D eigenvalue weighted by atomic mass is 32.1. The van der Waals surface area contributed by atoms with Gasteiger partial charge in [0.1, 0.15) is 11.1 Å². The van der Waals surface area contributed by atoms with Gasteiger partial charge in [-0.2, -0.15) is 13.2 Å². The number of carbonyl (C=O) groups is 1. The number of carbonyl (C=O) groups excluding carboxylic acids is 1. The van der Waals surface area contributed by atoms with Gasteiger partial charge in [0, 0.05) is 11.6 Å². The Hall–Kier alpha value is -4.57. The minimum absolute atomic E-state index is 0.00442. The highest BCUT2D eigenvalue weighted by molar-refractivity contribution is 7.22. The van der Waals surface area contributed by atoms with Gasteiger partial charge < -0.3 is 4.42 Å². The van der Waals surface area contributed by atoms with Crippen molar-refractivity contribution in [1.29, 1.82) is 0 Å². The molecule has 0 fully saturated rings. The Morgan fingerprint density at radius 2 is 1.76 bits per heavy atom. The monoisotopic (exact) mass is 531 g/mol. The molecule has 0 saturated heterocycles. The van der Waals surface area contributed by atoms with E-state index in [-0.39, 0.29) is 27.5 Å². The first-order valence-corrected chi connectivity index (χ1v) is 12.3. The lowest BCUT2D eigenvalue weighted by Crippen LogP contribution is -2.34. The largest absolute Gasteiger partial charge is 0.422 e. The van der Waals surface area contributed by atoms with Crippen molar-refractivity contribution in [3.05, 3.63) is 112 Å². The Bertz CT molecular complexity index is 1900. The number of para-hydroxylation sites is 1. The van der Waals surface area contributed by atoms with Crippen LogP contribution in [-0.2, 0) is 12.7 Å². The van der Waals surface area contributed by atoms with Gasteiger partial charge in [-0.25, -0.2) is 9.78 Å². The number of fused-ring (bicyclic) bond motifs is 4. The van der Waals surface area contributed by atoms with E-state index >= 15 is 0 Å². The second-order valence-electron chi connectivity index (χ2n) is 8.50. The van der Waals surface area contributed by atoms with E-state index in [9.17, 15) is 22.8 Å². The third kappa shape index (κ3) is 4.18. The van der Waals surface area contributed by atoms with Gasteiger partial charge in [-0.1, -0.05) is 53.8 Å². The summed E-state index contributed by atoms with van der Waals surface area (Å²) in [5.74, 6) is -0.758. The van der Waals surface area contributed by atoms with Gasteiger partial charge in [-0.3, -0.25) is 14.7 Å². The SMILES string of the molecule is O=C(c1cc2c(ccc3ccccc32)oc1=O)N(Cc1ccccn1)c1nc2c(C(F)(F)F)cccc2s1. The van der Waals surface area contributed by atoms with Gasteiger partial charge in [0.15, 0.2) is 5.13 Å². The molecule has 0 aliphatic carbocycles. The van der Waals surface area contributed by atoms with Gasteiger partial charge >= 0.3 is 11.8 Å². The Kier molecular flexibility index (Phi) is 5.68. The molecule has 1 amide bonds. The summed E-state index contributed by atoms with van der Waals surface area (Å²) in [7, 11) is 0. The Morgan fingerprint density at radius 1 is 0.947 bits per heavy atom. The predicted octanol–water partition coefficient (Wildman–Crippen LogP) is 6.82. The van der Waals surface area contributed by atoms with Crippen molar-refractivity contribution in [2.45, 2.75) is 12.7 Å². The molecule has 0 bridgehead atoms. The van der Waals surface area contributed by atoms with Crippen molar-refractivity contribution in [3.63, 3.8) is 0 Å². The fourth-order valence-electron chi connectivity index (χ4n) is 4.33. The number of anilines is 1. The van der Waals surface area contributed by atoms with Gasteiger partial charge in [0.25, 0.3) is 5.91 Å². The molecule has 0 aliphatic rings. The Labute approximate surface area is 216 Å². The van der Waals surface area contributed by atoms with Crippen molar-refractivity contribution in [1.82, 2.24) is 9.97 Å². The van der Waals surface area contributed by atoms with Gasteiger partial charge in [0.05, 0.1) is 28.0 Å². The van der Waals surface area contributed by atoms with Crippen LogP contribution in [0.2, 0.25) is 0 Å². The highest BCUT2D eigenvalue weighted by Crippen LogP contribution is 2.39. The Morgan fingerprint density at radius 3 is 2.55 bits per heavy atom. The third-order valence-electron chi connectivity index (χ3n) is 6.11. The molecule has 3 aromatic heterocycles. The first-order valence-electron chi connectivity index (χ1n) is 11.4. The van der Waals surface area contributed by atoms with E-state index in [4.69, 9.17) is 4.42 Å². The summed E-state index contributed by atoms with van der Waals surface area (Å²) in [4.78, 5) is 36.5.